The molecule has 0 aliphatic heterocycles. The summed E-state index contributed by atoms with van der Waals surface area (Å²) >= 11 is 0. The van der Waals surface area contributed by atoms with E-state index in [9.17, 15) is 9.59 Å². The van der Waals surface area contributed by atoms with Crippen molar-refractivity contribution in [3.8, 4) is 5.75 Å². The SMILES string of the molecule is COc1cccc(C(=O)O[C@@H](C(=O)c2ccc(C)cc2)c2ccc(C)cc2)c1. The number of benzene rings is 3. The van der Waals surface area contributed by atoms with Gasteiger partial charge in [-0.05, 0) is 32.0 Å². The van der Waals surface area contributed by atoms with E-state index in [-0.39, 0.29) is 5.78 Å². The molecule has 0 radical (unpaired) electrons. The molecule has 142 valence electrons. The van der Waals surface area contributed by atoms with Gasteiger partial charge >= 0.3 is 5.97 Å². The van der Waals surface area contributed by atoms with E-state index < -0.39 is 12.1 Å². The van der Waals surface area contributed by atoms with Crippen LogP contribution in [0.1, 0.15) is 43.5 Å². The maximum absolute atomic E-state index is 13.1. The molecule has 0 fully saturated rings. The van der Waals surface area contributed by atoms with Gasteiger partial charge in [0.05, 0.1) is 12.7 Å². The van der Waals surface area contributed by atoms with Crippen LogP contribution in [0, 0.1) is 13.8 Å². The Balaban J connectivity index is 1.93. The van der Waals surface area contributed by atoms with E-state index in [2.05, 4.69) is 0 Å². The smallest absolute Gasteiger partial charge is 0.339 e. The highest BCUT2D eigenvalue weighted by molar-refractivity contribution is 6.02. The van der Waals surface area contributed by atoms with Crippen molar-refractivity contribution in [2.75, 3.05) is 7.11 Å². The number of carbonyl (C=O) groups is 2. The Hall–Kier alpha value is -3.40. The zero-order chi connectivity index (χ0) is 20.1. The van der Waals surface area contributed by atoms with Gasteiger partial charge in [0.25, 0.3) is 0 Å². The van der Waals surface area contributed by atoms with E-state index in [4.69, 9.17) is 9.47 Å². The van der Waals surface area contributed by atoms with Crippen LogP contribution in [0.5, 0.6) is 5.75 Å². The second kappa shape index (κ2) is 8.53. The summed E-state index contributed by atoms with van der Waals surface area (Å²) in [6.45, 7) is 3.91. The molecule has 0 bridgehead atoms. The third kappa shape index (κ3) is 4.46. The molecule has 0 aromatic heterocycles. The highest BCUT2D eigenvalue weighted by atomic mass is 16.5. The average molecular weight is 374 g/mol. The molecular weight excluding hydrogens is 352 g/mol. The van der Waals surface area contributed by atoms with Gasteiger partial charge in [-0.25, -0.2) is 4.79 Å². The van der Waals surface area contributed by atoms with Crippen LogP contribution < -0.4 is 4.74 Å². The van der Waals surface area contributed by atoms with Gasteiger partial charge in [-0.3, -0.25) is 4.79 Å². The van der Waals surface area contributed by atoms with E-state index in [0.717, 1.165) is 11.1 Å². The molecule has 3 aromatic rings. The summed E-state index contributed by atoms with van der Waals surface area (Å²) in [5.74, 6) is -0.295. The molecule has 0 heterocycles. The number of esters is 1. The molecule has 3 aromatic carbocycles. The van der Waals surface area contributed by atoms with Crippen LogP contribution in [0.4, 0.5) is 0 Å². The first-order chi connectivity index (χ1) is 13.5. The molecule has 1 atom stereocenters. The van der Waals surface area contributed by atoms with E-state index in [1.54, 1.807) is 36.4 Å². The summed E-state index contributed by atoms with van der Waals surface area (Å²) in [4.78, 5) is 25.9. The van der Waals surface area contributed by atoms with E-state index in [1.807, 2.05) is 50.2 Å². The number of ether oxygens (including phenoxy) is 2. The first kappa shape index (κ1) is 19.4. The lowest BCUT2D eigenvalue weighted by molar-refractivity contribution is 0.0279. The molecule has 4 heteroatoms. The topological polar surface area (TPSA) is 52.6 Å². The highest BCUT2D eigenvalue weighted by Gasteiger charge is 2.27. The Bertz CT molecular complexity index is 972. The van der Waals surface area contributed by atoms with Crippen LogP contribution >= 0.6 is 0 Å². The molecular formula is C24H22O4. The van der Waals surface area contributed by atoms with Crippen LogP contribution in [0.15, 0.2) is 72.8 Å². The fraction of sp³-hybridized carbons (Fsp3) is 0.167. The Kier molecular flexibility index (Phi) is 5.90. The Morgan fingerprint density at radius 1 is 0.786 bits per heavy atom. The van der Waals surface area contributed by atoms with Crippen LogP contribution in [-0.2, 0) is 4.74 Å². The van der Waals surface area contributed by atoms with E-state index in [1.165, 1.54) is 7.11 Å². The van der Waals surface area contributed by atoms with Gasteiger partial charge in [-0.15, -0.1) is 0 Å². The molecule has 4 nitrogen and oxygen atoms in total. The van der Waals surface area contributed by atoms with E-state index in [0.29, 0.717) is 22.4 Å². The number of hydrogen-bond acceptors (Lipinski definition) is 4. The Morgan fingerprint density at radius 3 is 2.00 bits per heavy atom. The number of ketones is 1. The highest BCUT2D eigenvalue weighted by Crippen LogP contribution is 2.25. The van der Waals surface area contributed by atoms with Gasteiger partial charge in [0.15, 0.2) is 6.10 Å². The van der Waals surface area contributed by atoms with Gasteiger partial charge < -0.3 is 9.47 Å². The Morgan fingerprint density at radius 2 is 1.39 bits per heavy atom. The number of hydrogen-bond donors (Lipinski definition) is 0. The molecule has 3 rings (SSSR count). The average Bonchev–Trinajstić information content (AvgIpc) is 2.72. The molecule has 0 saturated heterocycles. The first-order valence-electron chi connectivity index (χ1n) is 9.00. The van der Waals surface area contributed by atoms with E-state index >= 15 is 0 Å². The van der Waals surface area contributed by atoms with Crippen LogP contribution in [-0.4, -0.2) is 18.9 Å². The molecule has 0 saturated carbocycles. The molecule has 0 spiro atoms. The van der Waals surface area contributed by atoms with Crippen molar-refractivity contribution < 1.29 is 19.1 Å². The fourth-order valence-electron chi connectivity index (χ4n) is 2.81. The van der Waals surface area contributed by atoms with Crippen LogP contribution in [0.25, 0.3) is 0 Å². The van der Waals surface area contributed by atoms with Crippen molar-refractivity contribution in [2.45, 2.75) is 20.0 Å². The molecule has 0 N–H and O–H groups in total. The van der Waals surface area contributed by atoms with Gasteiger partial charge in [-0.2, -0.15) is 0 Å². The second-order valence-electron chi connectivity index (χ2n) is 6.66. The molecule has 0 aliphatic rings. The summed E-state index contributed by atoms with van der Waals surface area (Å²) in [7, 11) is 1.53. The fourth-order valence-corrected chi connectivity index (χ4v) is 2.81. The summed E-state index contributed by atoms with van der Waals surface area (Å²) in [5, 5.41) is 0. The Labute approximate surface area is 164 Å². The number of aryl methyl sites for hydroxylation is 2. The summed E-state index contributed by atoms with van der Waals surface area (Å²) < 4.78 is 10.8. The lowest BCUT2D eigenvalue weighted by atomic mass is 9.98. The number of Topliss-reactive ketones (excluding diaryl/α,β-unsaturated/α-hetero) is 1. The summed E-state index contributed by atoms with van der Waals surface area (Å²) in [5.41, 5.74) is 3.57. The van der Waals surface area contributed by atoms with Crippen molar-refractivity contribution in [3.05, 3.63) is 101 Å². The number of rotatable bonds is 6. The van der Waals surface area contributed by atoms with Gasteiger partial charge in [0.1, 0.15) is 5.75 Å². The first-order valence-corrected chi connectivity index (χ1v) is 9.00. The normalized spacial score (nSPS) is 11.5. The zero-order valence-electron chi connectivity index (χ0n) is 16.1. The van der Waals surface area contributed by atoms with Crippen molar-refractivity contribution in [1.82, 2.24) is 0 Å². The predicted molar refractivity (Wildman–Crippen MR) is 108 cm³/mol. The van der Waals surface area contributed by atoms with Crippen molar-refractivity contribution in [2.24, 2.45) is 0 Å². The number of carbonyl (C=O) groups excluding carboxylic acids is 2. The summed E-state index contributed by atoms with van der Waals surface area (Å²) in [6.07, 6.45) is -1.03. The summed E-state index contributed by atoms with van der Waals surface area (Å²) in [6, 6.07) is 21.3. The van der Waals surface area contributed by atoms with Crippen molar-refractivity contribution in [3.63, 3.8) is 0 Å². The van der Waals surface area contributed by atoms with Crippen LogP contribution in [0.3, 0.4) is 0 Å². The molecule has 0 amide bonds. The third-order valence-corrected chi connectivity index (χ3v) is 4.48. The van der Waals surface area contributed by atoms with Gasteiger partial charge in [0, 0.05) is 11.1 Å². The minimum absolute atomic E-state index is 0.264. The predicted octanol–water partition coefficient (Wildman–Crippen LogP) is 5.09. The third-order valence-electron chi connectivity index (χ3n) is 4.48. The minimum atomic E-state index is -1.03. The molecule has 0 unspecified atom stereocenters. The molecule has 28 heavy (non-hydrogen) atoms. The zero-order valence-corrected chi connectivity index (χ0v) is 16.1. The monoisotopic (exact) mass is 374 g/mol. The quantitative estimate of drug-likeness (QED) is 0.445. The van der Waals surface area contributed by atoms with Crippen LogP contribution in [0.2, 0.25) is 0 Å². The maximum atomic E-state index is 13.1. The standard InChI is InChI=1S/C24H22O4/c1-16-7-11-18(12-8-16)22(25)23(19-13-9-17(2)10-14-19)28-24(26)20-5-4-6-21(15-20)27-3/h4-15,23H,1-3H3/t23-/m1/s1. The number of methoxy groups -OCH3 is 1. The second-order valence-corrected chi connectivity index (χ2v) is 6.66. The van der Waals surface area contributed by atoms with Gasteiger partial charge in [0.2, 0.25) is 5.78 Å². The lowest BCUT2D eigenvalue weighted by Crippen LogP contribution is -2.20. The van der Waals surface area contributed by atoms with Crippen molar-refractivity contribution >= 4 is 11.8 Å². The largest absolute Gasteiger partial charge is 0.497 e. The minimum Gasteiger partial charge on any atom is -0.497 e. The molecule has 0 aliphatic carbocycles. The van der Waals surface area contributed by atoms with Crippen molar-refractivity contribution in [1.29, 1.82) is 0 Å². The van der Waals surface area contributed by atoms with Gasteiger partial charge in [-0.1, -0.05) is 65.7 Å². The maximum Gasteiger partial charge on any atom is 0.339 e. The lowest BCUT2D eigenvalue weighted by Gasteiger charge is -2.18.